The average molecular weight is 328 g/mol. The van der Waals surface area contributed by atoms with Gasteiger partial charge in [0.1, 0.15) is 17.3 Å². The molecule has 5 nitrogen and oxygen atoms in total. The van der Waals surface area contributed by atoms with E-state index in [9.17, 15) is 4.39 Å². The summed E-state index contributed by atoms with van der Waals surface area (Å²) in [5.41, 5.74) is 6.68. The molecule has 0 saturated heterocycles. The highest BCUT2D eigenvalue weighted by Crippen LogP contribution is 2.22. The number of pyridine rings is 1. The van der Waals surface area contributed by atoms with Crippen LogP contribution in [0.25, 0.3) is 0 Å². The Morgan fingerprint density at radius 1 is 1.21 bits per heavy atom. The maximum atomic E-state index is 12.9. The minimum atomic E-state index is -0.294. The molecule has 0 spiro atoms. The summed E-state index contributed by atoms with van der Waals surface area (Å²) in [6.07, 6.45) is 6.44. The Labute approximate surface area is 140 Å². The van der Waals surface area contributed by atoms with E-state index < -0.39 is 0 Å². The van der Waals surface area contributed by atoms with Gasteiger partial charge in [-0.25, -0.2) is 9.38 Å². The third-order valence-electron chi connectivity index (χ3n) is 3.96. The van der Waals surface area contributed by atoms with Crippen molar-refractivity contribution in [2.45, 2.75) is 38.3 Å². The van der Waals surface area contributed by atoms with E-state index in [1.54, 1.807) is 30.5 Å². The zero-order chi connectivity index (χ0) is 16.8. The van der Waals surface area contributed by atoms with Crippen molar-refractivity contribution in [3.8, 4) is 11.5 Å². The third kappa shape index (κ3) is 4.68. The zero-order valence-corrected chi connectivity index (χ0v) is 13.4. The van der Waals surface area contributed by atoms with E-state index in [0.29, 0.717) is 30.0 Å². The molecule has 0 bridgehead atoms. The summed E-state index contributed by atoms with van der Waals surface area (Å²) in [6, 6.07) is 9.87. The first kappa shape index (κ1) is 16.2. The summed E-state index contributed by atoms with van der Waals surface area (Å²) in [4.78, 5) is 8.60. The number of nitrogens with one attached hydrogen (secondary N) is 1. The highest BCUT2D eigenvalue weighted by Gasteiger charge is 2.14. The van der Waals surface area contributed by atoms with Crippen LogP contribution in [-0.4, -0.2) is 17.0 Å². The van der Waals surface area contributed by atoms with Crippen LogP contribution in [0.3, 0.4) is 0 Å². The molecule has 3 rings (SSSR count). The second-order valence-electron chi connectivity index (χ2n) is 5.87. The van der Waals surface area contributed by atoms with Crippen LogP contribution >= 0.6 is 0 Å². The highest BCUT2D eigenvalue weighted by molar-refractivity contribution is 5.78. The number of rotatable bonds is 5. The lowest BCUT2D eigenvalue weighted by atomic mass is 10.2. The molecule has 0 aliphatic heterocycles. The fraction of sp³-hybridized carbons (Fsp3) is 0.333. The van der Waals surface area contributed by atoms with E-state index in [1.165, 1.54) is 25.0 Å². The van der Waals surface area contributed by atoms with Crippen molar-refractivity contribution in [1.82, 2.24) is 10.3 Å². The van der Waals surface area contributed by atoms with Gasteiger partial charge in [0.2, 0.25) is 0 Å². The maximum absolute atomic E-state index is 12.9. The van der Waals surface area contributed by atoms with Crippen molar-refractivity contribution in [3.05, 3.63) is 54.1 Å². The average Bonchev–Trinajstić information content (AvgIpc) is 3.08. The van der Waals surface area contributed by atoms with Crippen LogP contribution in [0.1, 0.15) is 31.4 Å². The Morgan fingerprint density at radius 3 is 2.71 bits per heavy atom. The molecule has 1 aromatic carbocycles. The SMILES string of the molecule is NC(=NCc1cc(Oc2ccc(F)cc2)ccn1)NC1CCCC1. The fourth-order valence-electron chi connectivity index (χ4n) is 2.74. The van der Waals surface area contributed by atoms with Gasteiger partial charge < -0.3 is 15.8 Å². The summed E-state index contributed by atoms with van der Waals surface area (Å²) in [6.45, 7) is 0.381. The number of hydrogen-bond donors (Lipinski definition) is 2. The number of nitrogens with zero attached hydrogens (tertiary/aromatic N) is 2. The molecule has 0 radical (unpaired) electrons. The van der Waals surface area contributed by atoms with Gasteiger partial charge in [-0.1, -0.05) is 12.8 Å². The second kappa shape index (κ2) is 7.77. The summed E-state index contributed by atoms with van der Waals surface area (Å²) in [5.74, 6) is 1.36. The van der Waals surface area contributed by atoms with Gasteiger partial charge in [-0.15, -0.1) is 0 Å². The lowest BCUT2D eigenvalue weighted by Crippen LogP contribution is -2.38. The number of hydrogen-bond acceptors (Lipinski definition) is 3. The standard InChI is InChI=1S/C18H21FN4O/c19-13-5-7-16(8-6-13)24-17-9-10-21-15(11-17)12-22-18(20)23-14-3-1-2-4-14/h5-11,14H,1-4,12H2,(H3,20,22,23). The third-order valence-corrected chi connectivity index (χ3v) is 3.96. The predicted molar refractivity (Wildman–Crippen MR) is 91.4 cm³/mol. The first-order valence-corrected chi connectivity index (χ1v) is 8.14. The molecular weight excluding hydrogens is 307 g/mol. The first-order valence-electron chi connectivity index (χ1n) is 8.14. The minimum Gasteiger partial charge on any atom is -0.457 e. The maximum Gasteiger partial charge on any atom is 0.189 e. The number of nitrogens with two attached hydrogens (primary N) is 1. The van der Waals surface area contributed by atoms with E-state index in [0.717, 1.165) is 18.5 Å². The molecule has 2 aromatic rings. The molecule has 1 aliphatic rings. The monoisotopic (exact) mass is 328 g/mol. The molecule has 126 valence electrons. The van der Waals surface area contributed by atoms with Gasteiger partial charge in [-0.2, -0.15) is 0 Å². The van der Waals surface area contributed by atoms with Crippen LogP contribution in [0.2, 0.25) is 0 Å². The molecule has 1 heterocycles. The number of benzene rings is 1. The zero-order valence-electron chi connectivity index (χ0n) is 13.4. The number of aliphatic imine (C=N–C) groups is 1. The van der Waals surface area contributed by atoms with Crippen molar-refractivity contribution < 1.29 is 9.13 Å². The van der Waals surface area contributed by atoms with Gasteiger partial charge in [0, 0.05) is 18.3 Å². The lowest BCUT2D eigenvalue weighted by molar-refractivity contribution is 0.479. The lowest BCUT2D eigenvalue weighted by Gasteiger charge is -2.12. The molecule has 0 atom stereocenters. The van der Waals surface area contributed by atoms with Crippen molar-refractivity contribution in [2.75, 3.05) is 0 Å². The predicted octanol–water partition coefficient (Wildman–Crippen LogP) is 3.36. The van der Waals surface area contributed by atoms with Crippen LogP contribution in [-0.2, 0) is 6.54 Å². The van der Waals surface area contributed by atoms with E-state index >= 15 is 0 Å². The molecule has 0 unspecified atom stereocenters. The Kier molecular flexibility index (Phi) is 5.25. The first-order chi connectivity index (χ1) is 11.7. The quantitative estimate of drug-likeness (QED) is 0.652. The molecular formula is C18H21FN4O. The van der Waals surface area contributed by atoms with E-state index in [4.69, 9.17) is 10.5 Å². The molecule has 1 aliphatic carbocycles. The molecule has 1 aromatic heterocycles. The van der Waals surface area contributed by atoms with Crippen molar-refractivity contribution in [3.63, 3.8) is 0 Å². The van der Waals surface area contributed by atoms with Gasteiger partial charge in [0.25, 0.3) is 0 Å². The van der Waals surface area contributed by atoms with Gasteiger partial charge >= 0.3 is 0 Å². The summed E-state index contributed by atoms with van der Waals surface area (Å²) in [7, 11) is 0. The smallest absolute Gasteiger partial charge is 0.189 e. The van der Waals surface area contributed by atoms with Gasteiger partial charge in [-0.05, 0) is 43.2 Å². The number of ether oxygens (including phenoxy) is 1. The summed E-state index contributed by atoms with van der Waals surface area (Å²) in [5, 5.41) is 3.24. The van der Waals surface area contributed by atoms with Crippen molar-refractivity contribution in [2.24, 2.45) is 10.7 Å². The van der Waals surface area contributed by atoms with Gasteiger partial charge in [0.05, 0.1) is 12.2 Å². The Bertz CT molecular complexity index is 696. The molecule has 1 fully saturated rings. The van der Waals surface area contributed by atoms with Crippen LogP contribution in [0, 0.1) is 5.82 Å². The Morgan fingerprint density at radius 2 is 1.96 bits per heavy atom. The Hall–Kier alpha value is -2.63. The number of halogens is 1. The normalized spacial score (nSPS) is 15.5. The second-order valence-corrected chi connectivity index (χ2v) is 5.87. The van der Waals surface area contributed by atoms with E-state index in [2.05, 4.69) is 15.3 Å². The van der Waals surface area contributed by atoms with Crippen LogP contribution < -0.4 is 15.8 Å². The van der Waals surface area contributed by atoms with Crippen molar-refractivity contribution in [1.29, 1.82) is 0 Å². The highest BCUT2D eigenvalue weighted by atomic mass is 19.1. The molecule has 1 saturated carbocycles. The van der Waals surface area contributed by atoms with E-state index in [1.807, 2.05) is 0 Å². The Balaban J connectivity index is 1.59. The van der Waals surface area contributed by atoms with Crippen LogP contribution in [0.4, 0.5) is 4.39 Å². The molecule has 24 heavy (non-hydrogen) atoms. The molecule has 0 amide bonds. The molecule has 3 N–H and O–H groups in total. The van der Waals surface area contributed by atoms with E-state index in [-0.39, 0.29) is 5.82 Å². The van der Waals surface area contributed by atoms with Crippen molar-refractivity contribution >= 4 is 5.96 Å². The summed E-state index contributed by atoms with van der Waals surface area (Å²) >= 11 is 0. The molecule has 6 heteroatoms. The topological polar surface area (TPSA) is 72.5 Å². The fourth-order valence-corrected chi connectivity index (χ4v) is 2.74. The van der Waals surface area contributed by atoms with Gasteiger partial charge in [0.15, 0.2) is 5.96 Å². The number of aromatic nitrogens is 1. The summed E-state index contributed by atoms with van der Waals surface area (Å²) < 4.78 is 18.6. The number of guanidine groups is 1. The largest absolute Gasteiger partial charge is 0.457 e. The minimum absolute atomic E-state index is 0.294. The van der Waals surface area contributed by atoms with Crippen LogP contribution in [0.5, 0.6) is 11.5 Å². The van der Waals surface area contributed by atoms with Gasteiger partial charge in [-0.3, -0.25) is 4.98 Å². The van der Waals surface area contributed by atoms with Crippen LogP contribution in [0.15, 0.2) is 47.6 Å².